The molecule has 0 aliphatic heterocycles. The van der Waals surface area contributed by atoms with Gasteiger partial charge in [0.05, 0.1) is 5.56 Å². The summed E-state index contributed by atoms with van der Waals surface area (Å²) in [6.07, 6.45) is 0. The topological polar surface area (TPSA) is 63.3 Å². The molecule has 1 heterocycles. The molecule has 5 heteroatoms. The van der Waals surface area contributed by atoms with Crippen molar-refractivity contribution in [2.24, 2.45) is 0 Å². The van der Waals surface area contributed by atoms with Gasteiger partial charge < -0.3 is 9.52 Å². The minimum absolute atomic E-state index is 0.132. The quantitative estimate of drug-likeness (QED) is 0.772. The molecule has 0 aliphatic carbocycles. The maximum absolute atomic E-state index is 13.5. The van der Waals surface area contributed by atoms with E-state index in [9.17, 15) is 9.18 Å². The maximum Gasteiger partial charge on any atom is 0.335 e. The van der Waals surface area contributed by atoms with Crippen molar-refractivity contribution in [2.45, 2.75) is 6.92 Å². The predicted octanol–water partition coefficient (Wildman–Crippen LogP) is 3.64. The lowest BCUT2D eigenvalue weighted by atomic mass is 10.1. The van der Waals surface area contributed by atoms with Crippen molar-refractivity contribution < 1.29 is 18.7 Å². The van der Waals surface area contributed by atoms with Gasteiger partial charge in [-0.25, -0.2) is 14.2 Å². The third-order valence-corrected chi connectivity index (χ3v) is 3.05. The van der Waals surface area contributed by atoms with Crippen molar-refractivity contribution in [1.29, 1.82) is 0 Å². The SMILES string of the molecule is Cc1ccc(-c2nc3cc(C(=O)O)ccc3o2)cc1F. The van der Waals surface area contributed by atoms with E-state index in [1.54, 1.807) is 25.1 Å². The minimum atomic E-state index is -1.03. The molecule has 1 N–H and O–H groups in total. The molecule has 20 heavy (non-hydrogen) atoms. The molecular formula is C15H10FNO3. The molecule has 0 saturated heterocycles. The lowest BCUT2D eigenvalue weighted by Gasteiger charge is -1.98. The van der Waals surface area contributed by atoms with Gasteiger partial charge in [0.2, 0.25) is 5.89 Å². The lowest BCUT2D eigenvalue weighted by molar-refractivity contribution is 0.0697. The van der Waals surface area contributed by atoms with E-state index in [1.807, 2.05) is 0 Å². The molecule has 0 saturated carbocycles. The molecular weight excluding hydrogens is 261 g/mol. The van der Waals surface area contributed by atoms with Crippen molar-refractivity contribution in [3.8, 4) is 11.5 Å². The van der Waals surface area contributed by atoms with Gasteiger partial charge in [0, 0.05) is 5.56 Å². The third kappa shape index (κ3) is 2.03. The number of benzene rings is 2. The summed E-state index contributed by atoms with van der Waals surface area (Å²) in [7, 11) is 0. The molecule has 0 bridgehead atoms. The number of carbonyl (C=O) groups is 1. The first-order valence-electron chi connectivity index (χ1n) is 5.95. The molecule has 0 radical (unpaired) electrons. The van der Waals surface area contributed by atoms with Crippen molar-refractivity contribution in [1.82, 2.24) is 4.98 Å². The number of oxazole rings is 1. The molecule has 0 amide bonds. The van der Waals surface area contributed by atoms with Crippen LogP contribution >= 0.6 is 0 Å². The van der Waals surface area contributed by atoms with Gasteiger partial charge in [0.25, 0.3) is 0 Å². The van der Waals surface area contributed by atoms with Crippen LogP contribution in [0.3, 0.4) is 0 Å². The van der Waals surface area contributed by atoms with Gasteiger partial charge in [-0.05, 0) is 42.8 Å². The molecule has 0 aliphatic rings. The summed E-state index contributed by atoms with van der Waals surface area (Å²) in [4.78, 5) is 15.1. The fourth-order valence-electron chi connectivity index (χ4n) is 1.91. The van der Waals surface area contributed by atoms with Crippen LogP contribution in [0.15, 0.2) is 40.8 Å². The van der Waals surface area contributed by atoms with E-state index < -0.39 is 5.97 Å². The number of carboxylic acids is 1. The second kappa shape index (κ2) is 4.45. The highest BCUT2D eigenvalue weighted by Gasteiger charge is 2.12. The fourth-order valence-corrected chi connectivity index (χ4v) is 1.91. The van der Waals surface area contributed by atoms with E-state index in [0.717, 1.165) is 0 Å². The zero-order valence-electron chi connectivity index (χ0n) is 10.6. The number of fused-ring (bicyclic) bond motifs is 1. The van der Waals surface area contributed by atoms with E-state index in [0.29, 0.717) is 22.2 Å². The Morgan fingerprint density at radius 2 is 2.05 bits per heavy atom. The second-order valence-electron chi connectivity index (χ2n) is 4.47. The van der Waals surface area contributed by atoms with Gasteiger partial charge in [-0.3, -0.25) is 0 Å². The summed E-state index contributed by atoms with van der Waals surface area (Å²) < 4.78 is 19.1. The largest absolute Gasteiger partial charge is 0.478 e. The number of aryl methyl sites for hydroxylation is 1. The van der Waals surface area contributed by atoms with E-state index in [-0.39, 0.29) is 17.3 Å². The van der Waals surface area contributed by atoms with E-state index in [4.69, 9.17) is 9.52 Å². The number of hydrogen-bond donors (Lipinski definition) is 1. The molecule has 3 rings (SSSR count). The molecule has 0 unspecified atom stereocenters. The van der Waals surface area contributed by atoms with Crippen LogP contribution in [-0.2, 0) is 0 Å². The zero-order chi connectivity index (χ0) is 14.3. The molecule has 0 spiro atoms. The molecule has 2 aromatic carbocycles. The van der Waals surface area contributed by atoms with Crippen molar-refractivity contribution in [2.75, 3.05) is 0 Å². The Kier molecular flexibility index (Phi) is 2.75. The highest BCUT2D eigenvalue weighted by atomic mass is 19.1. The Hall–Kier alpha value is -2.69. The Morgan fingerprint density at radius 3 is 2.75 bits per heavy atom. The van der Waals surface area contributed by atoms with Crippen LogP contribution in [-0.4, -0.2) is 16.1 Å². The van der Waals surface area contributed by atoms with Crippen molar-refractivity contribution in [3.63, 3.8) is 0 Å². The van der Waals surface area contributed by atoms with Crippen LogP contribution < -0.4 is 0 Å². The first-order chi connectivity index (χ1) is 9.54. The first kappa shape index (κ1) is 12.3. The van der Waals surface area contributed by atoms with Gasteiger partial charge >= 0.3 is 5.97 Å². The number of hydrogen-bond acceptors (Lipinski definition) is 3. The number of rotatable bonds is 2. The summed E-state index contributed by atoms with van der Waals surface area (Å²) in [5, 5.41) is 8.93. The monoisotopic (exact) mass is 271 g/mol. The van der Waals surface area contributed by atoms with Crippen LogP contribution in [0, 0.1) is 12.7 Å². The molecule has 0 atom stereocenters. The number of halogens is 1. The summed E-state index contributed by atoms with van der Waals surface area (Å²) in [6, 6.07) is 9.10. The second-order valence-corrected chi connectivity index (χ2v) is 4.47. The standard InChI is InChI=1S/C15H10FNO3/c1-8-2-3-9(6-11(8)16)14-17-12-7-10(15(18)19)4-5-13(12)20-14/h2-7H,1H3,(H,18,19). The lowest BCUT2D eigenvalue weighted by Crippen LogP contribution is -1.94. The van der Waals surface area contributed by atoms with Gasteiger partial charge in [-0.15, -0.1) is 0 Å². The fraction of sp³-hybridized carbons (Fsp3) is 0.0667. The smallest absolute Gasteiger partial charge is 0.335 e. The minimum Gasteiger partial charge on any atom is -0.478 e. The van der Waals surface area contributed by atoms with E-state index in [2.05, 4.69) is 4.98 Å². The Labute approximate surface area is 113 Å². The molecule has 3 aromatic rings. The van der Waals surface area contributed by atoms with Crippen LogP contribution in [0.1, 0.15) is 15.9 Å². The molecule has 1 aromatic heterocycles. The summed E-state index contributed by atoms with van der Waals surface area (Å²) >= 11 is 0. The number of nitrogens with zero attached hydrogens (tertiary/aromatic N) is 1. The number of aromatic nitrogens is 1. The predicted molar refractivity (Wildman–Crippen MR) is 71.1 cm³/mol. The number of carboxylic acid groups (broad SMARTS) is 1. The van der Waals surface area contributed by atoms with Crippen molar-refractivity contribution >= 4 is 17.1 Å². The van der Waals surface area contributed by atoms with Gasteiger partial charge in [-0.2, -0.15) is 0 Å². The van der Waals surface area contributed by atoms with Gasteiger partial charge in [0.15, 0.2) is 5.58 Å². The average Bonchev–Trinajstić information content (AvgIpc) is 2.84. The summed E-state index contributed by atoms with van der Waals surface area (Å²) in [5.41, 5.74) is 2.08. The highest BCUT2D eigenvalue weighted by molar-refractivity contribution is 5.92. The summed E-state index contributed by atoms with van der Waals surface area (Å²) in [6.45, 7) is 1.67. The van der Waals surface area contributed by atoms with Crippen LogP contribution in [0.25, 0.3) is 22.6 Å². The van der Waals surface area contributed by atoms with Crippen molar-refractivity contribution in [3.05, 3.63) is 53.3 Å². The first-order valence-corrected chi connectivity index (χ1v) is 5.95. The normalized spacial score (nSPS) is 10.9. The Bertz CT molecular complexity index is 823. The Balaban J connectivity index is 2.12. The Morgan fingerprint density at radius 1 is 1.25 bits per heavy atom. The van der Waals surface area contributed by atoms with Crippen LogP contribution in [0.2, 0.25) is 0 Å². The summed E-state index contributed by atoms with van der Waals surface area (Å²) in [5.74, 6) is -1.10. The number of aromatic carboxylic acids is 1. The average molecular weight is 271 g/mol. The zero-order valence-corrected chi connectivity index (χ0v) is 10.6. The van der Waals surface area contributed by atoms with Gasteiger partial charge in [0.1, 0.15) is 11.3 Å². The van der Waals surface area contributed by atoms with Crippen LogP contribution in [0.4, 0.5) is 4.39 Å². The highest BCUT2D eigenvalue weighted by Crippen LogP contribution is 2.26. The molecule has 0 fully saturated rings. The van der Waals surface area contributed by atoms with Crippen LogP contribution in [0.5, 0.6) is 0 Å². The van der Waals surface area contributed by atoms with E-state index >= 15 is 0 Å². The van der Waals surface area contributed by atoms with Gasteiger partial charge in [-0.1, -0.05) is 6.07 Å². The molecule has 100 valence electrons. The maximum atomic E-state index is 13.5. The molecule has 4 nitrogen and oxygen atoms in total. The van der Waals surface area contributed by atoms with E-state index in [1.165, 1.54) is 18.2 Å². The third-order valence-electron chi connectivity index (χ3n) is 3.05.